The lowest BCUT2D eigenvalue weighted by atomic mass is 10.2. The Morgan fingerprint density at radius 2 is 0.943 bits per heavy atom. The molecule has 0 aliphatic rings. The van der Waals surface area contributed by atoms with Gasteiger partial charge in [0.2, 0.25) is 0 Å². The van der Waals surface area contributed by atoms with Crippen LogP contribution in [0.3, 0.4) is 0 Å². The van der Waals surface area contributed by atoms with Crippen molar-refractivity contribution in [1.82, 2.24) is 0 Å². The number of aliphatic hydroxyl groups excluding tert-OH is 2. The summed E-state index contributed by atoms with van der Waals surface area (Å²) < 4.78 is 24.5. The van der Waals surface area contributed by atoms with Crippen LogP contribution >= 0.6 is 0 Å². The summed E-state index contributed by atoms with van der Waals surface area (Å²) in [5.41, 5.74) is 0. The maximum atomic E-state index is 11.7. The molecule has 2 N–H and O–H groups in total. The van der Waals surface area contributed by atoms with Gasteiger partial charge in [0.15, 0.2) is 0 Å². The molecule has 0 saturated heterocycles. The van der Waals surface area contributed by atoms with Crippen molar-refractivity contribution >= 4 is 35.4 Å². The second-order valence-electron chi connectivity index (χ2n) is 7.98. The van der Waals surface area contributed by atoms with Gasteiger partial charge >= 0.3 is 23.9 Å². The molecule has 0 spiro atoms. The minimum atomic E-state index is -1.20. The van der Waals surface area contributed by atoms with E-state index < -0.39 is 74.3 Å². The SMILES string of the molecule is CC(=O)CC(=O)OC(C)CC(=O)OCC(O)COCC(O)COC(=O)CC(C)OC(=O)CC(C)=O. The van der Waals surface area contributed by atoms with Crippen molar-refractivity contribution in [3.05, 3.63) is 0 Å². The van der Waals surface area contributed by atoms with Gasteiger partial charge in [-0.1, -0.05) is 0 Å². The van der Waals surface area contributed by atoms with E-state index in [2.05, 4.69) is 0 Å². The van der Waals surface area contributed by atoms with E-state index in [-0.39, 0.29) is 37.6 Å². The number of ketones is 2. The normalized spacial score (nSPS) is 14.1. The summed E-state index contributed by atoms with van der Waals surface area (Å²) in [6.45, 7) is 3.99. The van der Waals surface area contributed by atoms with Crippen molar-refractivity contribution in [3.63, 3.8) is 0 Å². The van der Waals surface area contributed by atoms with Crippen LogP contribution in [0.25, 0.3) is 0 Å². The Morgan fingerprint density at radius 3 is 1.26 bits per heavy atom. The molecule has 35 heavy (non-hydrogen) atoms. The number of hydrogen-bond donors (Lipinski definition) is 2. The Labute approximate surface area is 203 Å². The number of carbonyl (C=O) groups excluding carboxylic acids is 6. The molecule has 13 nitrogen and oxygen atoms in total. The molecule has 0 rings (SSSR count). The quantitative estimate of drug-likeness (QED) is 0.136. The predicted octanol–water partition coefficient (Wildman–Crippen LogP) is -0.587. The first-order chi connectivity index (χ1) is 16.3. The molecule has 200 valence electrons. The molecule has 0 heterocycles. The Morgan fingerprint density at radius 1 is 0.600 bits per heavy atom. The predicted molar refractivity (Wildman–Crippen MR) is 116 cm³/mol. The number of ether oxygens (including phenoxy) is 5. The van der Waals surface area contributed by atoms with Gasteiger partial charge in [-0.05, 0) is 27.7 Å². The highest BCUT2D eigenvalue weighted by atomic mass is 16.6. The molecule has 0 amide bonds. The molecular weight excluding hydrogens is 472 g/mol. The summed E-state index contributed by atoms with van der Waals surface area (Å²) in [5, 5.41) is 19.6. The van der Waals surface area contributed by atoms with Crippen LogP contribution < -0.4 is 0 Å². The fourth-order valence-electron chi connectivity index (χ4n) is 2.42. The van der Waals surface area contributed by atoms with E-state index in [1.54, 1.807) is 0 Å². The van der Waals surface area contributed by atoms with Crippen molar-refractivity contribution in [2.45, 2.75) is 77.8 Å². The van der Waals surface area contributed by atoms with E-state index in [0.29, 0.717) is 0 Å². The average Bonchev–Trinajstić information content (AvgIpc) is 2.69. The lowest BCUT2D eigenvalue weighted by Crippen LogP contribution is -2.30. The number of esters is 4. The Balaban J connectivity index is 3.98. The zero-order chi connectivity index (χ0) is 27.0. The van der Waals surface area contributed by atoms with Crippen LogP contribution in [-0.2, 0) is 52.5 Å². The van der Waals surface area contributed by atoms with Gasteiger partial charge in [-0.2, -0.15) is 0 Å². The van der Waals surface area contributed by atoms with Crippen molar-refractivity contribution < 1.29 is 62.7 Å². The summed E-state index contributed by atoms with van der Waals surface area (Å²) >= 11 is 0. The molecule has 0 aromatic rings. The number of Topliss-reactive ketones (excluding diaryl/α,β-unsaturated/α-hetero) is 2. The van der Waals surface area contributed by atoms with E-state index >= 15 is 0 Å². The molecule has 0 saturated carbocycles. The zero-order valence-corrected chi connectivity index (χ0v) is 20.4. The minimum Gasteiger partial charge on any atom is -0.463 e. The summed E-state index contributed by atoms with van der Waals surface area (Å²) in [6.07, 6.45) is -5.34. The van der Waals surface area contributed by atoms with Gasteiger partial charge in [0.05, 0.1) is 26.1 Å². The van der Waals surface area contributed by atoms with E-state index in [0.717, 1.165) is 0 Å². The van der Waals surface area contributed by atoms with Crippen molar-refractivity contribution in [1.29, 1.82) is 0 Å². The van der Waals surface area contributed by atoms with Gasteiger partial charge in [-0.25, -0.2) is 0 Å². The van der Waals surface area contributed by atoms with Crippen LogP contribution in [-0.4, -0.2) is 96.5 Å². The van der Waals surface area contributed by atoms with Crippen LogP contribution in [0.1, 0.15) is 53.4 Å². The summed E-state index contributed by atoms with van der Waals surface area (Å²) in [4.78, 5) is 67.8. The molecule has 4 atom stereocenters. The molecule has 0 aromatic carbocycles. The topological polar surface area (TPSA) is 189 Å². The van der Waals surface area contributed by atoms with Crippen molar-refractivity contribution in [2.75, 3.05) is 26.4 Å². The molecule has 0 fully saturated rings. The Hall–Kier alpha value is -2.90. The summed E-state index contributed by atoms with van der Waals surface area (Å²) in [6, 6.07) is 0. The largest absolute Gasteiger partial charge is 0.463 e. The van der Waals surface area contributed by atoms with Crippen LogP contribution in [0, 0.1) is 0 Å². The lowest BCUT2D eigenvalue weighted by Gasteiger charge is -2.16. The third-order valence-electron chi connectivity index (χ3n) is 3.85. The first-order valence-electron chi connectivity index (χ1n) is 10.9. The summed E-state index contributed by atoms with van der Waals surface area (Å²) in [5.74, 6) is -3.71. The monoisotopic (exact) mass is 506 g/mol. The smallest absolute Gasteiger partial charge is 0.313 e. The molecule has 13 heteroatoms. The van der Waals surface area contributed by atoms with E-state index in [4.69, 9.17) is 23.7 Å². The average molecular weight is 507 g/mol. The third kappa shape index (κ3) is 19.1. The molecule has 0 aromatic heterocycles. The minimum absolute atomic E-state index is 0.268. The van der Waals surface area contributed by atoms with Gasteiger partial charge in [0.25, 0.3) is 0 Å². The van der Waals surface area contributed by atoms with Crippen LogP contribution in [0.2, 0.25) is 0 Å². The van der Waals surface area contributed by atoms with E-state index in [1.807, 2.05) is 0 Å². The molecular formula is C22H34O13. The van der Waals surface area contributed by atoms with Crippen LogP contribution in [0.5, 0.6) is 0 Å². The van der Waals surface area contributed by atoms with Crippen molar-refractivity contribution in [3.8, 4) is 0 Å². The maximum Gasteiger partial charge on any atom is 0.313 e. The molecule has 0 aliphatic carbocycles. The molecule has 4 unspecified atom stereocenters. The second-order valence-corrected chi connectivity index (χ2v) is 7.98. The number of hydrogen-bond acceptors (Lipinski definition) is 13. The van der Waals surface area contributed by atoms with Gasteiger partial charge in [0, 0.05) is 0 Å². The van der Waals surface area contributed by atoms with Crippen molar-refractivity contribution in [2.24, 2.45) is 0 Å². The molecule has 0 aliphatic heterocycles. The third-order valence-corrected chi connectivity index (χ3v) is 3.85. The highest BCUT2D eigenvalue weighted by Crippen LogP contribution is 2.04. The second kappa shape index (κ2) is 17.5. The fraction of sp³-hybridized carbons (Fsp3) is 0.727. The fourth-order valence-corrected chi connectivity index (χ4v) is 2.42. The lowest BCUT2D eigenvalue weighted by molar-refractivity contribution is -0.158. The van der Waals surface area contributed by atoms with E-state index in [1.165, 1.54) is 27.7 Å². The van der Waals surface area contributed by atoms with Gasteiger partial charge in [-0.15, -0.1) is 0 Å². The number of aliphatic hydroxyl groups is 2. The standard InChI is InChI=1S/C22H34O13/c1-13(23)5-21(29)34-15(3)7-19(27)32-11-17(25)9-31-10-18(26)12-33-20(28)8-16(4)35-22(30)6-14(2)24/h15-18,25-26H,5-12H2,1-4H3. The number of carbonyl (C=O) groups is 6. The Bertz CT molecular complexity index is 673. The molecule has 0 bridgehead atoms. The van der Waals surface area contributed by atoms with Crippen LogP contribution in [0.15, 0.2) is 0 Å². The van der Waals surface area contributed by atoms with Gasteiger partial charge in [0.1, 0.15) is 62.0 Å². The highest BCUT2D eigenvalue weighted by molar-refractivity contribution is 5.94. The molecule has 0 radical (unpaired) electrons. The Kier molecular flexibility index (Phi) is 16.1. The summed E-state index contributed by atoms with van der Waals surface area (Å²) in [7, 11) is 0. The zero-order valence-electron chi connectivity index (χ0n) is 20.4. The van der Waals surface area contributed by atoms with Gasteiger partial charge in [-0.3, -0.25) is 28.8 Å². The van der Waals surface area contributed by atoms with Gasteiger partial charge < -0.3 is 33.9 Å². The number of rotatable bonds is 18. The first kappa shape index (κ1) is 32.1. The first-order valence-corrected chi connectivity index (χ1v) is 10.9. The maximum absolute atomic E-state index is 11.7. The van der Waals surface area contributed by atoms with Crippen LogP contribution in [0.4, 0.5) is 0 Å². The highest BCUT2D eigenvalue weighted by Gasteiger charge is 2.19. The van der Waals surface area contributed by atoms with E-state index in [9.17, 15) is 39.0 Å².